The predicted molar refractivity (Wildman–Crippen MR) is 115 cm³/mol. The van der Waals surface area contributed by atoms with Crippen molar-refractivity contribution in [2.75, 3.05) is 11.2 Å². The molecule has 6 nitrogen and oxygen atoms in total. The summed E-state index contributed by atoms with van der Waals surface area (Å²) < 4.78 is 0. The van der Waals surface area contributed by atoms with Crippen molar-refractivity contribution in [1.29, 1.82) is 0 Å². The Kier molecular flexibility index (Phi) is 7.21. The Morgan fingerprint density at radius 1 is 1.10 bits per heavy atom. The van der Waals surface area contributed by atoms with Crippen LogP contribution in [0.25, 0.3) is 0 Å². The van der Waals surface area contributed by atoms with Crippen LogP contribution in [0.4, 0.5) is 5.69 Å². The fraction of sp³-hybridized carbons (Fsp3) is 0.143. The first-order chi connectivity index (χ1) is 14.1. The first-order valence-electron chi connectivity index (χ1n) is 8.82. The van der Waals surface area contributed by atoms with Crippen molar-refractivity contribution in [3.8, 4) is 0 Å². The van der Waals surface area contributed by atoms with E-state index in [2.05, 4.69) is 20.6 Å². The Hall–Kier alpha value is -2.90. The Labute approximate surface area is 178 Å². The van der Waals surface area contributed by atoms with E-state index in [1.165, 1.54) is 11.8 Å². The first-order valence-corrected chi connectivity index (χ1v) is 10.2. The van der Waals surface area contributed by atoms with Crippen molar-refractivity contribution in [2.24, 2.45) is 0 Å². The summed E-state index contributed by atoms with van der Waals surface area (Å²) in [5, 5.41) is 5.77. The number of carbonyl (C=O) groups excluding carboxylic acids is 2. The maximum Gasteiger partial charge on any atom is 0.258 e. The third-order valence-corrected chi connectivity index (χ3v) is 5.36. The van der Waals surface area contributed by atoms with Gasteiger partial charge < -0.3 is 10.6 Å². The van der Waals surface area contributed by atoms with Gasteiger partial charge in [0.1, 0.15) is 16.3 Å². The topological polar surface area (TPSA) is 84.0 Å². The SMILES string of the molecule is Cc1cccc(NC(=O)c2cccnc2SC(NC(=O)CCl)c2ccncc2)c1. The molecule has 2 N–H and O–H groups in total. The average molecular weight is 427 g/mol. The van der Waals surface area contributed by atoms with Crippen molar-refractivity contribution in [2.45, 2.75) is 17.3 Å². The second-order valence-electron chi connectivity index (χ2n) is 6.16. The van der Waals surface area contributed by atoms with E-state index >= 15 is 0 Å². The van der Waals surface area contributed by atoms with Gasteiger partial charge in [0.05, 0.1) is 5.56 Å². The third kappa shape index (κ3) is 5.79. The van der Waals surface area contributed by atoms with Crippen molar-refractivity contribution >= 4 is 40.9 Å². The van der Waals surface area contributed by atoms with Gasteiger partial charge in [-0.05, 0) is 54.4 Å². The van der Waals surface area contributed by atoms with Gasteiger partial charge in [0.2, 0.25) is 5.91 Å². The van der Waals surface area contributed by atoms with E-state index in [1.807, 2.05) is 31.2 Å². The number of anilines is 1. The molecule has 1 unspecified atom stereocenters. The zero-order chi connectivity index (χ0) is 20.6. The van der Waals surface area contributed by atoms with Crippen LogP contribution in [0.3, 0.4) is 0 Å². The summed E-state index contributed by atoms with van der Waals surface area (Å²) in [7, 11) is 0. The van der Waals surface area contributed by atoms with Crippen LogP contribution in [0.2, 0.25) is 0 Å². The number of nitrogens with one attached hydrogen (secondary N) is 2. The van der Waals surface area contributed by atoms with Gasteiger partial charge in [0, 0.05) is 24.3 Å². The summed E-state index contributed by atoms with van der Waals surface area (Å²) in [5.74, 6) is -0.753. The molecule has 0 aliphatic carbocycles. The number of aryl methyl sites for hydroxylation is 1. The molecule has 1 atom stereocenters. The molecule has 3 rings (SSSR count). The molecule has 2 amide bonds. The molecule has 29 heavy (non-hydrogen) atoms. The first kappa shape index (κ1) is 20.8. The van der Waals surface area contributed by atoms with E-state index in [4.69, 9.17) is 11.6 Å². The Morgan fingerprint density at radius 2 is 1.90 bits per heavy atom. The van der Waals surface area contributed by atoms with Gasteiger partial charge >= 0.3 is 0 Å². The van der Waals surface area contributed by atoms with Crippen LogP contribution >= 0.6 is 23.4 Å². The summed E-state index contributed by atoms with van der Waals surface area (Å²) in [6, 6.07) is 14.5. The summed E-state index contributed by atoms with van der Waals surface area (Å²) in [6.07, 6.45) is 4.89. The molecule has 1 aromatic carbocycles. The second kappa shape index (κ2) is 10.0. The standard InChI is InChI=1S/C21H19ClN4O2S/c1-14-4-2-5-16(12-14)25-19(28)17-6-3-9-24-21(17)29-20(26-18(27)13-22)15-7-10-23-11-8-15/h2-12,20H,13H2,1H3,(H,25,28)(H,26,27). The highest BCUT2D eigenvalue weighted by Crippen LogP contribution is 2.34. The minimum atomic E-state index is -0.468. The maximum atomic E-state index is 12.9. The largest absolute Gasteiger partial charge is 0.339 e. The predicted octanol–water partition coefficient (Wildman–Crippen LogP) is 4.18. The number of benzene rings is 1. The summed E-state index contributed by atoms with van der Waals surface area (Å²) in [5.41, 5.74) is 2.98. The molecule has 0 radical (unpaired) electrons. The van der Waals surface area contributed by atoms with Crippen molar-refractivity contribution in [3.05, 3.63) is 83.8 Å². The molecule has 0 aliphatic heterocycles. The van der Waals surface area contributed by atoms with Gasteiger partial charge in [-0.15, -0.1) is 11.6 Å². The molecule has 0 bridgehead atoms. The van der Waals surface area contributed by atoms with Gasteiger partial charge in [-0.25, -0.2) is 4.98 Å². The molecule has 0 aliphatic rings. The van der Waals surface area contributed by atoms with Gasteiger partial charge in [0.25, 0.3) is 5.91 Å². The zero-order valence-corrected chi connectivity index (χ0v) is 17.2. The van der Waals surface area contributed by atoms with E-state index in [9.17, 15) is 9.59 Å². The molecule has 0 fully saturated rings. The Morgan fingerprint density at radius 3 is 2.62 bits per heavy atom. The van der Waals surface area contributed by atoms with Crippen LogP contribution in [-0.4, -0.2) is 27.7 Å². The fourth-order valence-corrected chi connectivity index (χ4v) is 3.79. The number of thioether (sulfide) groups is 1. The minimum absolute atomic E-state index is 0.162. The van der Waals surface area contributed by atoms with Crippen LogP contribution in [0.15, 0.2) is 72.1 Å². The number of hydrogen-bond donors (Lipinski definition) is 2. The van der Waals surface area contributed by atoms with Gasteiger partial charge in [-0.1, -0.05) is 23.9 Å². The molecule has 0 spiro atoms. The molecular formula is C21H19ClN4O2S. The smallest absolute Gasteiger partial charge is 0.258 e. The molecule has 2 heterocycles. The molecule has 2 aromatic heterocycles. The number of hydrogen-bond acceptors (Lipinski definition) is 5. The number of carbonyl (C=O) groups is 2. The molecule has 0 saturated carbocycles. The van der Waals surface area contributed by atoms with Crippen molar-refractivity contribution in [1.82, 2.24) is 15.3 Å². The highest BCUT2D eigenvalue weighted by Gasteiger charge is 2.21. The van der Waals surface area contributed by atoms with E-state index in [0.717, 1.165) is 11.1 Å². The highest BCUT2D eigenvalue weighted by molar-refractivity contribution is 7.99. The average Bonchev–Trinajstić information content (AvgIpc) is 2.74. The number of pyridine rings is 2. The van der Waals surface area contributed by atoms with Crippen LogP contribution in [0.5, 0.6) is 0 Å². The number of amides is 2. The maximum absolute atomic E-state index is 12.9. The van der Waals surface area contributed by atoms with Crippen LogP contribution in [-0.2, 0) is 4.79 Å². The highest BCUT2D eigenvalue weighted by atomic mass is 35.5. The fourth-order valence-electron chi connectivity index (χ4n) is 2.59. The quantitative estimate of drug-likeness (QED) is 0.336. The number of aromatic nitrogens is 2. The third-order valence-electron chi connectivity index (χ3n) is 3.94. The normalized spacial score (nSPS) is 11.5. The van der Waals surface area contributed by atoms with Gasteiger partial charge in [0.15, 0.2) is 0 Å². The zero-order valence-electron chi connectivity index (χ0n) is 15.6. The van der Waals surface area contributed by atoms with Crippen LogP contribution in [0, 0.1) is 6.92 Å². The molecule has 0 saturated heterocycles. The summed E-state index contributed by atoms with van der Waals surface area (Å²) in [4.78, 5) is 33.1. The van der Waals surface area contributed by atoms with E-state index in [-0.39, 0.29) is 17.7 Å². The summed E-state index contributed by atoms with van der Waals surface area (Å²) >= 11 is 6.92. The van der Waals surface area contributed by atoms with E-state index in [0.29, 0.717) is 16.3 Å². The number of nitrogens with zero attached hydrogens (tertiary/aromatic N) is 2. The molecule has 3 aromatic rings. The number of alkyl halides is 1. The van der Waals surface area contributed by atoms with E-state index in [1.54, 1.807) is 42.9 Å². The van der Waals surface area contributed by atoms with Gasteiger partial charge in [-0.3, -0.25) is 14.6 Å². The Balaban J connectivity index is 1.86. The van der Waals surface area contributed by atoms with Gasteiger partial charge in [-0.2, -0.15) is 0 Å². The van der Waals surface area contributed by atoms with E-state index < -0.39 is 5.37 Å². The number of rotatable bonds is 7. The lowest BCUT2D eigenvalue weighted by atomic mass is 10.2. The van der Waals surface area contributed by atoms with Crippen LogP contribution in [0.1, 0.15) is 26.9 Å². The van der Waals surface area contributed by atoms with Crippen molar-refractivity contribution in [3.63, 3.8) is 0 Å². The summed E-state index contributed by atoms with van der Waals surface area (Å²) in [6.45, 7) is 1.96. The number of halogens is 1. The second-order valence-corrected chi connectivity index (χ2v) is 7.52. The lowest BCUT2D eigenvalue weighted by Gasteiger charge is -2.19. The van der Waals surface area contributed by atoms with Crippen LogP contribution < -0.4 is 10.6 Å². The minimum Gasteiger partial charge on any atom is -0.339 e. The lowest BCUT2D eigenvalue weighted by Crippen LogP contribution is -2.28. The molecule has 8 heteroatoms. The molecule has 148 valence electrons. The van der Waals surface area contributed by atoms with Crippen molar-refractivity contribution < 1.29 is 9.59 Å². The monoisotopic (exact) mass is 426 g/mol. The lowest BCUT2D eigenvalue weighted by molar-refractivity contribution is -0.118. The Bertz CT molecular complexity index is 1000. The molecular weight excluding hydrogens is 408 g/mol.